The highest BCUT2D eigenvalue weighted by molar-refractivity contribution is 9.10. The maximum atomic E-state index is 12.4. The molecule has 100 valence electrons. The lowest BCUT2D eigenvalue weighted by atomic mass is 10.00. The Morgan fingerprint density at radius 3 is 2.50 bits per heavy atom. The number of rotatable bonds is 4. The van der Waals surface area contributed by atoms with E-state index in [4.69, 9.17) is 16.7 Å². The second kappa shape index (κ2) is 5.93. The third kappa shape index (κ3) is 4.86. The van der Waals surface area contributed by atoms with Crippen molar-refractivity contribution in [2.45, 2.75) is 23.3 Å². The standard InChI is InChI=1S/C11H9BrClF3O2/c12-9(13)4-6-1-2-8(10(17)18)7(3-6)5-11(14,15)16/h1-3,9H,4-5H2,(H,17,18). The van der Waals surface area contributed by atoms with Gasteiger partial charge in [-0.25, -0.2) is 4.79 Å². The van der Waals surface area contributed by atoms with Crippen molar-refractivity contribution in [1.29, 1.82) is 0 Å². The van der Waals surface area contributed by atoms with Crippen LogP contribution in [0.3, 0.4) is 0 Å². The van der Waals surface area contributed by atoms with Gasteiger partial charge in [-0.05, 0) is 23.6 Å². The number of halogens is 5. The summed E-state index contributed by atoms with van der Waals surface area (Å²) in [6.45, 7) is 0. The van der Waals surface area contributed by atoms with Gasteiger partial charge in [0.2, 0.25) is 0 Å². The zero-order valence-electron chi connectivity index (χ0n) is 8.97. The first-order valence-electron chi connectivity index (χ1n) is 4.89. The summed E-state index contributed by atoms with van der Waals surface area (Å²) in [5.74, 6) is -1.37. The quantitative estimate of drug-likeness (QED) is 0.838. The van der Waals surface area contributed by atoms with Crippen LogP contribution in [-0.2, 0) is 12.8 Å². The minimum Gasteiger partial charge on any atom is -0.478 e. The molecule has 1 aromatic rings. The number of hydrogen-bond acceptors (Lipinski definition) is 1. The Hall–Kier alpha value is -0.750. The number of carboxylic acid groups (broad SMARTS) is 1. The molecule has 1 atom stereocenters. The van der Waals surface area contributed by atoms with E-state index in [-0.39, 0.29) is 11.1 Å². The van der Waals surface area contributed by atoms with Crippen molar-refractivity contribution in [2.24, 2.45) is 0 Å². The molecule has 0 spiro atoms. The van der Waals surface area contributed by atoms with Gasteiger partial charge in [0.15, 0.2) is 0 Å². The Labute approximate surface area is 115 Å². The summed E-state index contributed by atoms with van der Waals surface area (Å²) >= 11 is 8.75. The first-order valence-corrected chi connectivity index (χ1v) is 6.24. The van der Waals surface area contributed by atoms with Crippen molar-refractivity contribution in [3.05, 3.63) is 34.9 Å². The Kier molecular flexibility index (Phi) is 5.04. The minimum atomic E-state index is -4.45. The van der Waals surface area contributed by atoms with Crippen molar-refractivity contribution in [3.63, 3.8) is 0 Å². The SMILES string of the molecule is O=C(O)c1ccc(CC(Cl)Br)cc1CC(F)(F)F. The van der Waals surface area contributed by atoms with E-state index in [0.717, 1.165) is 0 Å². The highest BCUT2D eigenvalue weighted by atomic mass is 79.9. The number of carboxylic acids is 1. The Balaban J connectivity index is 3.11. The fourth-order valence-electron chi connectivity index (χ4n) is 1.52. The van der Waals surface area contributed by atoms with Gasteiger partial charge in [0.05, 0.1) is 16.3 Å². The van der Waals surface area contributed by atoms with Crippen LogP contribution in [0, 0.1) is 0 Å². The van der Waals surface area contributed by atoms with Crippen LogP contribution in [0.2, 0.25) is 0 Å². The molecule has 0 saturated heterocycles. The molecule has 0 bridgehead atoms. The minimum absolute atomic E-state index is 0.252. The van der Waals surface area contributed by atoms with Gasteiger partial charge in [0, 0.05) is 0 Å². The summed E-state index contributed by atoms with van der Waals surface area (Å²) in [6.07, 6.45) is -5.40. The van der Waals surface area contributed by atoms with Crippen LogP contribution < -0.4 is 0 Å². The summed E-state index contributed by atoms with van der Waals surface area (Å²) in [5, 5.41) is 8.83. The van der Waals surface area contributed by atoms with Crippen LogP contribution >= 0.6 is 27.5 Å². The lowest BCUT2D eigenvalue weighted by Crippen LogP contribution is -2.15. The number of aromatic carboxylic acids is 1. The largest absolute Gasteiger partial charge is 0.478 e. The van der Waals surface area contributed by atoms with Gasteiger partial charge in [-0.3, -0.25) is 0 Å². The van der Waals surface area contributed by atoms with Crippen LogP contribution in [0.15, 0.2) is 18.2 Å². The highest BCUT2D eigenvalue weighted by Crippen LogP contribution is 2.25. The molecule has 0 amide bonds. The van der Waals surface area contributed by atoms with E-state index in [1.807, 2.05) is 0 Å². The van der Waals surface area contributed by atoms with Gasteiger partial charge in [0.1, 0.15) is 0 Å². The summed E-state index contributed by atoms with van der Waals surface area (Å²) < 4.78 is 36.6. The summed E-state index contributed by atoms with van der Waals surface area (Å²) in [7, 11) is 0. The fraction of sp³-hybridized carbons (Fsp3) is 0.364. The third-order valence-electron chi connectivity index (χ3n) is 2.18. The number of carbonyl (C=O) groups is 1. The molecule has 0 heterocycles. The Morgan fingerprint density at radius 2 is 2.06 bits per heavy atom. The zero-order chi connectivity index (χ0) is 13.9. The molecule has 0 aliphatic rings. The topological polar surface area (TPSA) is 37.3 Å². The third-order valence-corrected chi connectivity index (χ3v) is 2.66. The molecule has 1 unspecified atom stereocenters. The van der Waals surface area contributed by atoms with E-state index < -0.39 is 22.9 Å². The van der Waals surface area contributed by atoms with Crippen LogP contribution in [0.5, 0.6) is 0 Å². The summed E-state index contributed by atoms with van der Waals surface area (Å²) in [5.41, 5.74) is -0.0368. The summed E-state index contributed by atoms with van der Waals surface area (Å²) in [4.78, 5) is 10.8. The van der Waals surface area contributed by atoms with E-state index in [1.165, 1.54) is 18.2 Å². The number of alkyl halides is 5. The molecule has 18 heavy (non-hydrogen) atoms. The van der Waals surface area contributed by atoms with Crippen LogP contribution in [0.1, 0.15) is 21.5 Å². The van der Waals surface area contributed by atoms with E-state index in [0.29, 0.717) is 12.0 Å². The van der Waals surface area contributed by atoms with E-state index in [1.54, 1.807) is 0 Å². The number of hydrogen-bond donors (Lipinski definition) is 1. The van der Waals surface area contributed by atoms with E-state index in [2.05, 4.69) is 15.9 Å². The molecule has 0 fully saturated rings. The molecule has 1 N–H and O–H groups in total. The van der Waals surface area contributed by atoms with E-state index in [9.17, 15) is 18.0 Å². The van der Waals surface area contributed by atoms with Crippen LogP contribution in [0.25, 0.3) is 0 Å². The molecule has 1 rings (SSSR count). The molecular formula is C11H9BrClF3O2. The van der Waals surface area contributed by atoms with Gasteiger partial charge in [-0.1, -0.05) is 28.1 Å². The van der Waals surface area contributed by atoms with Gasteiger partial charge < -0.3 is 5.11 Å². The molecule has 0 radical (unpaired) electrons. The average molecular weight is 346 g/mol. The van der Waals surface area contributed by atoms with Gasteiger partial charge >= 0.3 is 12.1 Å². The maximum absolute atomic E-state index is 12.4. The smallest absolute Gasteiger partial charge is 0.393 e. The molecule has 2 nitrogen and oxygen atoms in total. The first-order chi connectivity index (χ1) is 8.19. The lowest BCUT2D eigenvalue weighted by Gasteiger charge is -2.11. The van der Waals surface area contributed by atoms with Crippen molar-refractivity contribution in [3.8, 4) is 0 Å². The molecule has 0 aliphatic carbocycles. The summed E-state index contributed by atoms with van der Waals surface area (Å²) in [6, 6.07) is 3.86. The van der Waals surface area contributed by atoms with Gasteiger partial charge in [-0.2, -0.15) is 13.2 Å². The molecule has 0 aliphatic heterocycles. The molecular weight excluding hydrogens is 336 g/mol. The van der Waals surface area contributed by atoms with Crippen molar-refractivity contribution < 1.29 is 23.1 Å². The Bertz CT molecular complexity index is 446. The maximum Gasteiger partial charge on any atom is 0.393 e. The first kappa shape index (κ1) is 15.3. The fourth-order valence-corrected chi connectivity index (χ4v) is 2.08. The second-order valence-electron chi connectivity index (χ2n) is 3.68. The molecule has 1 aromatic carbocycles. The normalized spacial score (nSPS) is 13.4. The van der Waals surface area contributed by atoms with Crippen molar-refractivity contribution >= 4 is 33.5 Å². The Morgan fingerprint density at radius 1 is 1.44 bits per heavy atom. The molecule has 7 heteroatoms. The lowest BCUT2D eigenvalue weighted by molar-refractivity contribution is -0.127. The monoisotopic (exact) mass is 344 g/mol. The average Bonchev–Trinajstić information content (AvgIpc) is 2.13. The molecule has 0 saturated carbocycles. The second-order valence-corrected chi connectivity index (χ2v) is 5.84. The van der Waals surface area contributed by atoms with Gasteiger partial charge in [-0.15, -0.1) is 11.6 Å². The predicted molar refractivity (Wildman–Crippen MR) is 65.4 cm³/mol. The predicted octanol–water partition coefficient (Wildman–Crippen LogP) is 3.99. The van der Waals surface area contributed by atoms with Gasteiger partial charge in [0.25, 0.3) is 0 Å². The van der Waals surface area contributed by atoms with E-state index >= 15 is 0 Å². The highest BCUT2D eigenvalue weighted by Gasteiger charge is 2.30. The molecule has 0 aromatic heterocycles. The van der Waals surface area contributed by atoms with Crippen molar-refractivity contribution in [1.82, 2.24) is 0 Å². The number of benzene rings is 1. The van der Waals surface area contributed by atoms with Crippen LogP contribution in [-0.4, -0.2) is 21.5 Å². The van der Waals surface area contributed by atoms with Crippen molar-refractivity contribution in [2.75, 3.05) is 0 Å². The zero-order valence-corrected chi connectivity index (χ0v) is 11.3. The van der Waals surface area contributed by atoms with Crippen LogP contribution in [0.4, 0.5) is 13.2 Å².